The van der Waals surface area contributed by atoms with Gasteiger partial charge >= 0.3 is 5.69 Å². The van der Waals surface area contributed by atoms with Gasteiger partial charge in [0.05, 0.1) is 30.7 Å². The first-order valence-corrected chi connectivity index (χ1v) is 9.20. The average Bonchev–Trinajstić information content (AvgIpc) is 2.71. The van der Waals surface area contributed by atoms with E-state index in [-0.39, 0.29) is 11.2 Å². The predicted octanol–water partition coefficient (Wildman–Crippen LogP) is 1.58. The molecule has 27 heavy (non-hydrogen) atoms. The average molecular weight is 365 g/mol. The van der Waals surface area contributed by atoms with Crippen molar-refractivity contribution in [3.05, 3.63) is 80.5 Å². The summed E-state index contributed by atoms with van der Waals surface area (Å²) in [5.41, 5.74) is 2.39. The Balaban J connectivity index is 1.68. The Labute approximate surface area is 157 Å². The predicted molar refractivity (Wildman–Crippen MR) is 105 cm³/mol. The number of benzene rings is 2. The number of nitrogens with zero attached hydrogens (tertiary/aromatic N) is 3. The summed E-state index contributed by atoms with van der Waals surface area (Å²) in [7, 11) is 1.53. The van der Waals surface area contributed by atoms with Crippen LogP contribution in [-0.2, 0) is 24.9 Å². The van der Waals surface area contributed by atoms with Crippen LogP contribution in [0.15, 0.2) is 58.1 Å². The molecule has 140 valence electrons. The van der Waals surface area contributed by atoms with Crippen molar-refractivity contribution in [3.63, 3.8) is 0 Å². The van der Waals surface area contributed by atoms with Gasteiger partial charge in [0.15, 0.2) is 0 Å². The van der Waals surface area contributed by atoms with Crippen molar-refractivity contribution in [2.75, 3.05) is 26.3 Å². The molecule has 0 aliphatic carbocycles. The van der Waals surface area contributed by atoms with Crippen LogP contribution in [0.3, 0.4) is 0 Å². The second-order valence-electron chi connectivity index (χ2n) is 6.96. The molecule has 2 aromatic carbocycles. The van der Waals surface area contributed by atoms with E-state index in [1.54, 1.807) is 10.6 Å². The SMILES string of the molecule is Cn1c(=O)c2ccccc2n(Cc2cccc(CN3CCOCC3)c2)c1=O. The second-order valence-corrected chi connectivity index (χ2v) is 6.96. The van der Waals surface area contributed by atoms with Crippen LogP contribution in [0.5, 0.6) is 0 Å². The summed E-state index contributed by atoms with van der Waals surface area (Å²) in [6.07, 6.45) is 0. The first-order valence-electron chi connectivity index (χ1n) is 9.20. The molecule has 4 rings (SSSR count). The Bertz CT molecular complexity index is 1080. The number of ether oxygens (including phenoxy) is 1. The van der Waals surface area contributed by atoms with Crippen LogP contribution in [0.2, 0.25) is 0 Å². The van der Waals surface area contributed by atoms with Crippen LogP contribution in [0.1, 0.15) is 11.1 Å². The molecular formula is C21H23N3O3. The topological polar surface area (TPSA) is 56.5 Å². The normalized spacial score (nSPS) is 15.3. The molecule has 0 spiro atoms. The third-order valence-electron chi connectivity index (χ3n) is 5.09. The largest absolute Gasteiger partial charge is 0.379 e. The van der Waals surface area contributed by atoms with Crippen molar-refractivity contribution in [3.8, 4) is 0 Å². The Morgan fingerprint density at radius 2 is 1.63 bits per heavy atom. The van der Waals surface area contributed by atoms with Gasteiger partial charge in [-0.15, -0.1) is 0 Å². The van der Waals surface area contributed by atoms with Gasteiger partial charge in [0.1, 0.15) is 0 Å². The van der Waals surface area contributed by atoms with Crippen molar-refractivity contribution >= 4 is 10.9 Å². The Morgan fingerprint density at radius 3 is 2.41 bits per heavy atom. The quantitative estimate of drug-likeness (QED) is 0.704. The molecule has 0 bridgehead atoms. The van der Waals surface area contributed by atoms with E-state index in [1.807, 2.05) is 30.3 Å². The number of hydrogen-bond donors (Lipinski definition) is 0. The van der Waals surface area contributed by atoms with Gasteiger partial charge in [-0.2, -0.15) is 0 Å². The Morgan fingerprint density at radius 1 is 0.926 bits per heavy atom. The van der Waals surface area contributed by atoms with Gasteiger partial charge in [-0.3, -0.25) is 18.8 Å². The van der Waals surface area contributed by atoms with Gasteiger partial charge in [-0.1, -0.05) is 36.4 Å². The maximum atomic E-state index is 12.7. The highest BCUT2D eigenvalue weighted by Crippen LogP contribution is 2.13. The number of aromatic nitrogens is 2. The summed E-state index contributed by atoms with van der Waals surface area (Å²) in [4.78, 5) is 27.4. The van der Waals surface area contributed by atoms with Crippen LogP contribution in [-0.4, -0.2) is 40.3 Å². The molecule has 6 nitrogen and oxygen atoms in total. The first kappa shape index (κ1) is 17.7. The molecule has 1 fully saturated rings. The maximum absolute atomic E-state index is 12.7. The monoisotopic (exact) mass is 365 g/mol. The fourth-order valence-corrected chi connectivity index (χ4v) is 3.62. The molecule has 1 saturated heterocycles. The zero-order valence-electron chi connectivity index (χ0n) is 15.4. The molecule has 0 N–H and O–H groups in total. The van der Waals surface area contributed by atoms with Crippen molar-refractivity contribution in [1.82, 2.24) is 14.0 Å². The van der Waals surface area contributed by atoms with Gasteiger partial charge < -0.3 is 4.74 Å². The van der Waals surface area contributed by atoms with E-state index in [4.69, 9.17) is 4.74 Å². The van der Waals surface area contributed by atoms with Crippen LogP contribution >= 0.6 is 0 Å². The number of hydrogen-bond acceptors (Lipinski definition) is 4. The molecular weight excluding hydrogens is 342 g/mol. The highest BCUT2D eigenvalue weighted by Gasteiger charge is 2.13. The van der Waals surface area contributed by atoms with Crippen molar-refractivity contribution in [2.24, 2.45) is 7.05 Å². The van der Waals surface area contributed by atoms with Gasteiger partial charge in [0.25, 0.3) is 5.56 Å². The lowest BCUT2D eigenvalue weighted by Crippen LogP contribution is -2.38. The molecule has 0 amide bonds. The van der Waals surface area contributed by atoms with E-state index < -0.39 is 0 Å². The molecule has 0 atom stereocenters. The summed E-state index contributed by atoms with van der Waals surface area (Å²) in [6.45, 7) is 4.74. The molecule has 1 aromatic heterocycles. The lowest BCUT2D eigenvalue weighted by atomic mass is 10.1. The first-order chi connectivity index (χ1) is 13.1. The van der Waals surface area contributed by atoms with Gasteiger partial charge in [-0.25, -0.2) is 4.79 Å². The summed E-state index contributed by atoms with van der Waals surface area (Å²) in [5, 5.41) is 0.559. The zero-order chi connectivity index (χ0) is 18.8. The highest BCUT2D eigenvalue weighted by molar-refractivity contribution is 5.77. The number of morpholine rings is 1. The summed E-state index contributed by atoms with van der Waals surface area (Å²) in [6, 6.07) is 15.6. The molecule has 0 unspecified atom stereocenters. The maximum Gasteiger partial charge on any atom is 0.331 e. The summed E-state index contributed by atoms with van der Waals surface area (Å²) >= 11 is 0. The minimum Gasteiger partial charge on any atom is -0.379 e. The van der Waals surface area contributed by atoms with Crippen LogP contribution in [0, 0.1) is 0 Å². The van der Waals surface area contributed by atoms with Crippen molar-refractivity contribution < 1.29 is 4.74 Å². The second kappa shape index (κ2) is 7.50. The fraction of sp³-hybridized carbons (Fsp3) is 0.333. The van der Waals surface area contributed by atoms with Crippen LogP contribution in [0.25, 0.3) is 10.9 Å². The van der Waals surface area contributed by atoms with Gasteiger partial charge in [0, 0.05) is 26.7 Å². The third kappa shape index (κ3) is 3.59. The lowest BCUT2D eigenvalue weighted by molar-refractivity contribution is 0.0342. The Hall–Kier alpha value is -2.70. The summed E-state index contributed by atoms with van der Waals surface area (Å²) < 4.78 is 8.26. The number of fused-ring (bicyclic) bond motifs is 1. The van der Waals surface area contributed by atoms with Gasteiger partial charge in [0.2, 0.25) is 0 Å². The molecule has 0 saturated carbocycles. The molecule has 2 heterocycles. The number of para-hydroxylation sites is 1. The standard InChI is InChI=1S/C21H23N3O3/c1-22-20(25)18-7-2-3-8-19(18)24(21(22)26)15-17-6-4-5-16(13-17)14-23-9-11-27-12-10-23/h2-8,13H,9-12,14-15H2,1H3. The molecule has 1 aliphatic heterocycles. The number of rotatable bonds is 4. The zero-order valence-corrected chi connectivity index (χ0v) is 15.4. The highest BCUT2D eigenvalue weighted by atomic mass is 16.5. The molecule has 1 aliphatic rings. The minimum atomic E-state index is -0.294. The van der Waals surface area contributed by atoms with E-state index >= 15 is 0 Å². The van der Waals surface area contributed by atoms with E-state index in [0.717, 1.165) is 38.4 Å². The van der Waals surface area contributed by atoms with Crippen molar-refractivity contribution in [1.29, 1.82) is 0 Å². The smallest absolute Gasteiger partial charge is 0.331 e. The van der Waals surface area contributed by atoms with E-state index in [9.17, 15) is 9.59 Å². The van der Waals surface area contributed by atoms with Crippen LogP contribution in [0.4, 0.5) is 0 Å². The third-order valence-corrected chi connectivity index (χ3v) is 5.09. The lowest BCUT2D eigenvalue weighted by Gasteiger charge is -2.26. The minimum absolute atomic E-state index is 0.257. The fourth-order valence-electron chi connectivity index (χ4n) is 3.62. The van der Waals surface area contributed by atoms with E-state index in [0.29, 0.717) is 17.4 Å². The van der Waals surface area contributed by atoms with E-state index in [2.05, 4.69) is 17.0 Å². The van der Waals surface area contributed by atoms with Gasteiger partial charge in [-0.05, 0) is 23.3 Å². The summed E-state index contributed by atoms with van der Waals surface area (Å²) in [5.74, 6) is 0. The Kier molecular flexibility index (Phi) is 4.92. The molecule has 3 aromatic rings. The molecule has 6 heteroatoms. The van der Waals surface area contributed by atoms with Crippen molar-refractivity contribution in [2.45, 2.75) is 13.1 Å². The molecule has 0 radical (unpaired) electrons. The van der Waals surface area contributed by atoms with E-state index in [1.165, 1.54) is 17.2 Å². The van der Waals surface area contributed by atoms with Crippen LogP contribution < -0.4 is 11.2 Å².